The van der Waals surface area contributed by atoms with E-state index in [1.807, 2.05) is 24.3 Å². The number of alkyl halides is 3. The zero-order valence-electron chi connectivity index (χ0n) is 19.8. The summed E-state index contributed by atoms with van der Waals surface area (Å²) in [6, 6.07) is 10.5. The quantitative estimate of drug-likeness (QED) is 0.361. The monoisotopic (exact) mass is 510 g/mol. The highest BCUT2D eigenvalue weighted by molar-refractivity contribution is 5.73. The molecule has 0 atom stereocenters. The minimum Gasteiger partial charge on any atom is -0.475 e. The van der Waals surface area contributed by atoms with E-state index in [9.17, 15) is 22.0 Å². The fraction of sp³-hybridized carbons (Fsp3) is 0.400. The van der Waals surface area contributed by atoms with Crippen LogP contribution in [-0.2, 0) is 11.3 Å². The van der Waals surface area contributed by atoms with Gasteiger partial charge < -0.3 is 10.4 Å². The normalized spacial score (nSPS) is 15.8. The Kier molecular flexibility index (Phi) is 8.44. The van der Waals surface area contributed by atoms with E-state index in [-0.39, 0.29) is 12.1 Å². The van der Waals surface area contributed by atoms with Gasteiger partial charge in [-0.1, -0.05) is 32.0 Å². The molecule has 3 N–H and O–H groups in total. The predicted molar refractivity (Wildman–Crippen MR) is 124 cm³/mol. The van der Waals surface area contributed by atoms with Crippen molar-refractivity contribution < 1.29 is 31.9 Å². The number of H-pyrrole nitrogens is 1. The number of nitrogens with one attached hydrogen (secondary N) is 2. The lowest BCUT2D eigenvalue weighted by Crippen LogP contribution is -2.35. The first-order valence-corrected chi connectivity index (χ1v) is 11.3. The zero-order chi connectivity index (χ0) is 26.5. The van der Waals surface area contributed by atoms with E-state index in [1.54, 1.807) is 0 Å². The standard InChI is InChI=1S/C23H26F2N4.C2HF3O2/c1-23(2)8-6-18(7-9-23)26-13-19-20(24)11-17(12-21(19)25)15-4-3-5-16(10-15)22-27-14-28-29-22;3-2(4,5)1(6)7/h3-5,10-12,14,18,26H,6-9,13H2,1-2H3,(H,27,28,29);(H,6,7). The molecular formula is C25H27F5N4O2. The van der Waals surface area contributed by atoms with Crippen molar-refractivity contribution in [2.24, 2.45) is 5.41 Å². The molecule has 194 valence electrons. The lowest BCUT2D eigenvalue weighted by molar-refractivity contribution is -0.192. The van der Waals surface area contributed by atoms with Crippen molar-refractivity contribution in [1.82, 2.24) is 20.5 Å². The second kappa shape index (κ2) is 11.2. The first kappa shape index (κ1) is 27.3. The van der Waals surface area contributed by atoms with Crippen LogP contribution in [0.4, 0.5) is 22.0 Å². The number of aromatic nitrogens is 3. The maximum Gasteiger partial charge on any atom is 0.490 e. The zero-order valence-corrected chi connectivity index (χ0v) is 19.8. The van der Waals surface area contributed by atoms with Gasteiger partial charge in [0.25, 0.3) is 0 Å². The molecule has 1 fully saturated rings. The molecule has 36 heavy (non-hydrogen) atoms. The van der Waals surface area contributed by atoms with Gasteiger partial charge >= 0.3 is 12.1 Å². The van der Waals surface area contributed by atoms with E-state index in [1.165, 1.54) is 18.5 Å². The molecule has 0 saturated heterocycles. The average molecular weight is 511 g/mol. The van der Waals surface area contributed by atoms with Crippen molar-refractivity contribution in [3.05, 3.63) is 59.9 Å². The number of benzene rings is 2. The molecule has 3 aromatic rings. The van der Waals surface area contributed by atoms with E-state index < -0.39 is 23.8 Å². The minimum atomic E-state index is -5.08. The van der Waals surface area contributed by atoms with Gasteiger partial charge in [-0.15, -0.1) is 0 Å². The molecule has 0 radical (unpaired) electrons. The maximum absolute atomic E-state index is 14.7. The second-order valence-corrected chi connectivity index (χ2v) is 9.44. The molecule has 1 saturated carbocycles. The van der Waals surface area contributed by atoms with E-state index in [4.69, 9.17) is 9.90 Å². The molecule has 0 amide bonds. The molecule has 1 aliphatic rings. The summed E-state index contributed by atoms with van der Waals surface area (Å²) in [4.78, 5) is 13.0. The van der Waals surface area contributed by atoms with Gasteiger partial charge in [-0.25, -0.2) is 18.6 Å². The summed E-state index contributed by atoms with van der Waals surface area (Å²) < 4.78 is 61.2. The van der Waals surface area contributed by atoms with Crippen molar-refractivity contribution >= 4 is 5.97 Å². The molecule has 0 aliphatic heterocycles. The Bertz CT molecular complexity index is 1150. The number of aromatic amines is 1. The van der Waals surface area contributed by atoms with E-state index >= 15 is 0 Å². The summed E-state index contributed by atoms with van der Waals surface area (Å²) in [6.07, 6.45) is 0.770. The van der Waals surface area contributed by atoms with Crippen LogP contribution in [-0.4, -0.2) is 38.5 Å². The SMILES string of the molecule is CC1(C)CCC(NCc2c(F)cc(-c3cccc(-c4nc[nH]n4)c3)cc2F)CC1.O=C(O)C(F)(F)F. The van der Waals surface area contributed by atoms with Crippen molar-refractivity contribution in [3.8, 4) is 22.5 Å². The van der Waals surface area contributed by atoms with Gasteiger partial charge in [-0.3, -0.25) is 5.10 Å². The molecule has 0 bridgehead atoms. The molecule has 0 unspecified atom stereocenters. The number of nitrogens with zero attached hydrogens (tertiary/aromatic N) is 2. The lowest BCUT2D eigenvalue weighted by Gasteiger charge is -2.34. The summed E-state index contributed by atoms with van der Waals surface area (Å²) in [6.45, 7) is 4.76. The Morgan fingerprint density at radius 3 is 2.19 bits per heavy atom. The van der Waals surface area contributed by atoms with Crippen LogP contribution in [0.2, 0.25) is 0 Å². The minimum absolute atomic E-state index is 0.101. The number of aliphatic carboxylic acids is 1. The number of carboxylic acid groups (broad SMARTS) is 1. The molecular weight excluding hydrogens is 483 g/mol. The van der Waals surface area contributed by atoms with Gasteiger partial charge in [0.05, 0.1) is 0 Å². The fourth-order valence-corrected chi connectivity index (χ4v) is 3.97. The first-order chi connectivity index (χ1) is 16.9. The van der Waals surface area contributed by atoms with Crippen molar-refractivity contribution in [2.75, 3.05) is 0 Å². The van der Waals surface area contributed by atoms with Crippen LogP contribution < -0.4 is 5.32 Å². The highest BCUT2D eigenvalue weighted by Crippen LogP contribution is 2.35. The molecule has 11 heteroatoms. The fourth-order valence-electron chi connectivity index (χ4n) is 3.97. The Hall–Kier alpha value is -3.34. The Morgan fingerprint density at radius 2 is 1.67 bits per heavy atom. The van der Waals surface area contributed by atoms with Crippen LogP contribution >= 0.6 is 0 Å². The Balaban J connectivity index is 0.000000454. The maximum atomic E-state index is 14.7. The van der Waals surface area contributed by atoms with E-state index in [2.05, 4.69) is 34.3 Å². The molecule has 4 rings (SSSR count). The summed E-state index contributed by atoms with van der Waals surface area (Å²) >= 11 is 0. The number of hydrogen-bond acceptors (Lipinski definition) is 4. The van der Waals surface area contributed by atoms with Crippen LogP contribution in [0.5, 0.6) is 0 Å². The van der Waals surface area contributed by atoms with Crippen LogP contribution in [0.15, 0.2) is 42.7 Å². The van der Waals surface area contributed by atoms with Gasteiger partial charge in [0.1, 0.15) is 18.0 Å². The lowest BCUT2D eigenvalue weighted by atomic mass is 9.75. The number of carbonyl (C=O) groups is 1. The van der Waals surface area contributed by atoms with E-state index in [0.717, 1.165) is 36.8 Å². The average Bonchev–Trinajstić information content (AvgIpc) is 3.34. The molecule has 0 spiro atoms. The number of halogens is 5. The predicted octanol–water partition coefficient (Wildman–Crippen LogP) is 6.11. The van der Waals surface area contributed by atoms with Gasteiger partial charge in [0, 0.05) is 23.7 Å². The molecule has 6 nitrogen and oxygen atoms in total. The smallest absolute Gasteiger partial charge is 0.475 e. The number of carboxylic acids is 1. The summed E-state index contributed by atoms with van der Waals surface area (Å²) in [5, 5.41) is 17.2. The van der Waals surface area contributed by atoms with Crippen LogP contribution in [0.25, 0.3) is 22.5 Å². The second-order valence-electron chi connectivity index (χ2n) is 9.44. The summed E-state index contributed by atoms with van der Waals surface area (Å²) in [5.41, 5.74) is 2.48. The van der Waals surface area contributed by atoms with Crippen molar-refractivity contribution in [1.29, 1.82) is 0 Å². The van der Waals surface area contributed by atoms with E-state index in [0.29, 0.717) is 22.8 Å². The topological polar surface area (TPSA) is 90.9 Å². The first-order valence-electron chi connectivity index (χ1n) is 11.3. The largest absolute Gasteiger partial charge is 0.490 e. The Labute approximate surface area is 205 Å². The summed E-state index contributed by atoms with van der Waals surface area (Å²) in [5.74, 6) is -3.25. The van der Waals surface area contributed by atoms with Crippen LogP contribution in [0.1, 0.15) is 45.1 Å². The Morgan fingerprint density at radius 1 is 1.08 bits per heavy atom. The van der Waals surface area contributed by atoms with Crippen LogP contribution in [0.3, 0.4) is 0 Å². The van der Waals surface area contributed by atoms with Crippen molar-refractivity contribution in [2.45, 2.75) is 58.3 Å². The van der Waals surface area contributed by atoms with Crippen molar-refractivity contribution in [3.63, 3.8) is 0 Å². The molecule has 1 aromatic heterocycles. The summed E-state index contributed by atoms with van der Waals surface area (Å²) in [7, 11) is 0. The molecule has 2 aromatic carbocycles. The third-order valence-corrected chi connectivity index (χ3v) is 6.16. The number of rotatable bonds is 5. The van der Waals surface area contributed by atoms with Gasteiger partial charge in [-0.2, -0.15) is 18.3 Å². The molecule has 1 heterocycles. The van der Waals surface area contributed by atoms with Gasteiger partial charge in [-0.05, 0) is 60.4 Å². The van der Waals surface area contributed by atoms with Gasteiger partial charge in [0.15, 0.2) is 5.82 Å². The third kappa shape index (κ3) is 7.33. The number of hydrogen-bond donors (Lipinski definition) is 3. The third-order valence-electron chi connectivity index (χ3n) is 6.16. The highest BCUT2D eigenvalue weighted by Gasteiger charge is 2.38. The highest BCUT2D eigenvalue weighted by atomic mass is 19.4. The molecule has 1 aliphatic carbocycles. The van der Waals surface area contributed by atoms with Gasteiger partial charge in [0.2, 0.25) is 0 Å². The van der Waals surface area contributed by atoms with Crippen LogP contribution in [0, 0.1) is 17.0 Å².